The van der Waals surface area contributed by atoms with Gasteiger partial charge in [-0.1, -0.05) is 87.0 Å². The topological polar surface area (TPSA) is 0 Å². The zero-order chi connectivity index (χ0) is 12.2. The molecule has 0 aliphatic carbocycles. The van der Waals surface area contributed by atoms with E-state index in [9.17, 15) is 0 Å². The molecule has 0 unspecified atom stereocenters. The van der Waals surface area contributed by atoms with Gasteiger partial charge in [-0.2, -0.15) is 0 Å². The molecule has 125 valence electrons. The maximum absolute atomic E-state index is 3.31. The summed E-state index contributed by atoms with van der Waals surface area (Å²) in [7, 11) is 0. The van der Waals surface area contributed by atoms with Crippen LogP contribution in [0.3, 0.4) is 0 Å². The van der Waals surface area contributed by atoms with Crippen molar-refractivity contribution < 1.29 is 0 Å². The van der Waals surface area contributed by atoms with Gasteiger partial charge in [-0.05, 0) is 29.9 Å². The summed E-state index contributed by atoms with van der Waals surface area (Å²) in [5.41, 5.74) is 1.41. The van der Waals surface area contributed by atoms with Gasteiger partial charge in [0.2, 0.25) is 0 Å². The summed E-state index contributed by atoms with van der Waals surface area (Å²) in [6, 6.07) is 2.21. The van der Waals surface area contributed by atoms with Crippen LogP contribution in [-0.4, -0.2) is 23.9 Å². The van der Waals surface area contributed by atoms with Crippen LogP contribution in [0.15, 0.2) is 11.4 Å². The van der Waals surface area contributed by atoms with Gasteiger partial charge in [0, 0.05) is 29.3 Å². The van der Waals surface area contributed by atoms with E-state index in [1.54, 1.807) is 11.3 Å². The van der Waals surface area contributed by atoms with Crippen LogP contribution in [0.5, 0.6) is 0 Å². The first-order valence-corrected chi connectivity index (χ1v) is 8.25. The second-order valence-electron chi connectivity index (χ2n) is 4.98. The average Bonchev–Trinajstić information content (AvgIpc) is 2.85. The van der Waals surface area contributed by atoms with Crippen molar-refractivity contribution in [3.63, 3.8) is 0 Å². The van der Waals surface area contributed by atoms with Crippen LogP contribution in [0.1, 0.15) is 99.0 Å². The normalized spacial score (nSPS) is 8.81. The van der Waals surface area contributed by atoms with Gasteiger partial charge in [0.15, 0.2) is 0 Å². The first-order valence-electron chi connectivity index (χ1n) is 7.37. The van der Waals surface area contributed by atoms with Crippen LogP contribution in [0.25, 0.3) is 0 Å². The molecule has 0 atom stereocenters. The van der Waals surface area contributed by atoms with E-state index in [0.29, 0.717) is 0 Å². The zero-order valence-electron chi connectivity index (χ0n) is 11.8. The predicted molar refractivity (Wildman–Crippen MR) is 105 cm³/mol. The molecular formula is C19H39SSn. The third-order valence-corrected chi connectivity index (χ3v) is 3.98. The van der Waals surface area contributed by atoms with Gasteiger partial charge in [0.05, 0.1) is 0 Å². The molecule has 21 heavy (non-hydrogen) atoms. The second kappa shape index (κ2) is 22.8. The van der Waals surface area contributed by atoms with Crippen LogP contribution in [0.4, 0.5) is 0 Å². The molecule has 0 spiro atoms. The molecular weight excluding hydrogens is 379 g/mol. The smallest absolute Gasteiger partial charge is 0.0477 e. The maximum atomic E-state index is 3.31. The fourth-order valence-electron chi connectivity index (χ4n) is 2.20. The molecule has 0 aliphatic heterocycles. The Hall–Kier alpha value is 0.499. The van der Waals surface area contributed by atoms with Gasteiger partial charge in [-0.15, -0.1) is 11.3 Å². The van der Waals surface area contributed by atoms with Crippen LogP contribution in [0, 0.1) is 5.38 Å². The van der Waals surface area contributed by atoms with Crippen LogP contribution in [0.2, 0.25) is 0 Å². The summed E-state index contributed by atoms with van der Waals surface area (Å²) in [5.74, 6) is 0. The van der Waals surface area contributed by atoms with E-state index >= 15 is 0 Å². The molecule has 0 N–H and O–H groups in total. The van der Waals surface area contributed by atoms with E-state index in [1.807, 2.05) is 0 Å². The van der Waals surface area contributed by atoms with Crippen molar-refractivity contribution in [2.24, 2.45) is 0 Å². The second-order valence-corrected chi connectivity index (χ2v) is 5.69. The third kappa shape index (κ3) is 18.5. The molecule has 0 saturated heterocycles. The van der Waals surface area contributed by atoms with E-state index in [-0.39, 0.29) is 46.2 Å². The molecule has 0 fully saturated rings. The Morgan fingerprint density at radius 1 is 0.810 bits per heavy atom. The Labute approximate surface area is 157 Å². The fraction of sp³-hybridized carbons (Fsp3) is 0.789. The van der Waals surface area contributed by atoms with Crippen LogP contribution in [-0.2, 0) is 6.42 Å². The molecule has 1 heterocycles. The molecule has 0 amide bonds. The van der Waals surface area contributed by atoms with Gasteiger partial charge in [0.1, 0.15) is 0 Å². The minimum absolute atomic E-state index is 0. The van der Waals surface area contributed by atoms with Gasteiger partial charge >= 0.3 is 0 Å². The Morgan fingerprint density at radius 2 is 1.29 bits per heavy atom. The molecule has 0 aliphatic rings. The minimum atomic E-state index is 0. The van der Waals surface area contributed by atoms with E-state index in [4.69, 9.17) is 0 Å². The summed E-state index contributed by atoms with van der Waals surface area (Å²) in [5, 5.41) is 5.44. The molecule has 0 aromatic carbocycles. The predicted octanol–water partition coefficient (Wildman–Crippen LogP) is 7.54. The summed E-state index contributed by atoms with van der Waals surface area (Å²) < 4.78 is 0. The summed E-state index contributed by atoms with van der Waals surface area (Å²) in [6.45, 7) is 2.28. The molecule has 0 saturated carbocycles. The number of hydrogen-bond donors (Lipinski definition) is 0. The van der Waals surface area contributed by atoms with Crippen molar-refractivity contribution in [2.75, 3.05) is 0 Å². The first-order chi connectivity index (χ1) is 8.43. The summed E-state index contributed by atoms with van der Waals surface area (Å²) in [4.78, 5) is 0. The van der Waals surface area contributed by atoms with Gasteiger partial charge < -0.3 is 0 Å². The molecule has 0 nitrogen and oxygen atoms in total. The Kier molecular flexibility index (Phi) is 32.0. The number of thiophene rings is 1. The molecule has 1 aromatic heterocycles. The van der Waals surface area contributed by atoms with Crippen molar-refractivity contribution >= 4 is 35.2 Å². The Bertz CT molecular complexity index is 244. The summed E-state index contributed by atoms with van der Waals surface area (Å²) in [6.07, 6.45) is 15.5. The number of rotatable bonds is 11. The fourth-order valence-corrected chi connectivity index (χ4v) is 2.82. The Balaban J connectivity index is -0.000000361. The Morgan fingerprint density at radius 3 is 1.71 bits per heavy atom. The molecule has 1 aromatic rings. The average molecular weight is 418 g/mol. The third-order valence-electron chi connectivity index (χ3n) is 3.33. The minimum Gasteiger partial charge on any atom is -0.143 e. The van der Waals surface area contributed by atoms with E-state index < -0.39 is 0 Å². The van der Waals surface area contributed by atoms with E-state index in [2.05, 4.69) is 23.8 Å². The van der Waals surface area contributed by atoms with E-state index in [1.165, 1.54) is 76.2 Å². The summed E-state index contributed by atoms with van der Waals surface area (Å²) >= 11 is 1.70. The van der Waals surface area contributed by atoms with Crippen LogP contribution < -0.4 is 0 Å². The van der Waals surface area contributed by atoms with E-state index in [0.717, 1.165) is 0 Å². The van der Waals surface area contributed by atoms with Gasteiger partial charge in [0.25, 0.3) is 0 Å². The van der Waals surface area contributed by atoms with Crippen LogP contribution >= 0.6 is 11.3 Å². The van der Waals surface area contributed by atoms with Gasteiger partial charge in [-0.3, -0.25) is 0 Å². The van der Waals surface area contributed by atoms with Gasteiger partial charge in [-0.25, -0.2) is 0 Å². The molecule has 2 heteroatoms. The first kappa shape index (κ1) is 29.5. The molecule has 0 bridgehead atoms. The van der Waals surface area contributed by atoms with Crippen molar-refractivity contribution in [2.45, 2.75) is 99.8 Å². The molecule has 1 rings (SSSR count). The molecule has 5 radical (unpaired) electrons. The van der Waals surface area contributed by atoms with Crippen molar-refractivity contribution in [1.82, 2.24) is 0 Å². The largest absolute Gasteiger partial charge is 0.143 e. The zero-order valence-corrected chi connectivity index (χ0v) is 15.5. The standard InChI is InChI=1S/C16H27S.3CH4.Sn/c1-2-3-4-5-6-7-8-9-10-11-12-16-13-14-17-15-16;;;;/h13-14H,2-12H2,1H3;3*1H4;. The maximum Gasteiger partial charge on any atom is 0.0477 e. The van der Waals surface area contributed by atoms with Crippen molar-refractivity contribution in [3.8, 4) is 0 Å². The quantitative estimate of drug-likeness (QED) is 0.257. The SMILES string of the molecule is C.C.C.CCCCCCCCCCCCc1[c]scc1.[Sn]. The number of unbranched alkanes of at least 4 members (excludes halogenated alkanes) is 9. The van der Waals surface area contributed by atoms with Crippen molar-refractivity contribution in [3.05, 3.63) is 22.4 Å². The number of aryl methyl sites for hydroxylation is 1. The number of hydrogen-bond acceptors (Lipinski definition) is 1. The monoisotopic (exact) mass is 419 g/mol. The van der Waals surface area contributed by atoms with Crippen molar-refractivity contribution in [1.29, 1.82) is 0 Å².